The number of rotatable bonds is 7. The number of fused-ring (bicyclic) bond motifs is 1. The summed E-state index contributed by atoms with van der Waals surface area (Å²) in [7, 11) is 1.57. The Morgan fingerprint density at radius 1 is 1.17 bits per heavy atom. The third-order valence-corrected chi connectivity index (χ3v) is 5.32. The van der Waals surface area contributed by atoms with Gasteiger partial charge in [-0.2, -0.15) is 0 Å². The van der Waals surface area contributed by atoms with E-state index in [1.165, 1.54) is 16.7 Å². The smallest absolute Gasteiger partial charge is 0.355 e. The second-order valence-electron chi connectivity index (χ2n) is 6.45. The highest BCUT2D eigenvalue weighted by molar-refractivity contribution is 7.13. The van der Waals surface area contributed by atoms with Gasteiger partial charge in [0.1, 0.15) is 5.75 Å². The lowest BCUT2D eigenvalue weighted by Gasteiger charge is -2.09. The van der Waals surface area contributed by atoms with Crippen molar-refractivity contribution in [1.29, 1.82) is 0 Å². The van der Waals surface area contributed by atoms with Gasteiger partial charge in [0.2, 0.25) is 5.91 Å². The van der Waals surface area contributed by atoms with Gasteiger partial charge in [0.15, 0.2) is 16.5 Å². The largest absolute Gasteiger partial charge is 0.497 e. The van der Waals surface area contributed by atoms with Crippen molar-refractivity contribution < 1.29 is 19.4 Å². The van der Waals surface area contributed by atoms with Crippen LogP contribution in [0.15, 0.2) is 53.9 Å². The number of carboxylic acid groups (broad SMARTS) is 1. The fraction of sp³-hybridized carbons (Fsp3) is 0.143. The number of carbonyl (C=O) groups excluding carboxylic acids is 1. The monoisotopic (exact) mass is 422 g/mol. The number of hydrogen-bond acceptors (Lipinski definition) is 6. The molecule has 0 saturated heterocycles. The lowest BCUT2D eigenvalue weighted by atomic mass is 10.2. The molecule has 0 aliphatic rings. The number of thiazole rings is 1. The van der Waals surface area contributed by atoms with Gasteiger partial charge < -0.3 is 19.7 Å². The van der Waals surface area contributed by atoms with Gasteiger partial charge in [-0.05, 0) is 24.3 Å². The molecule has 30 heavy (non-hydrogen) atoms. The van der Waals surface area contributed by atoms with E-state index in [0.717, 1.165) is 11.0 Å². The summed E-state index contributed by atoms with van der Waals surface area (Å²) in [6, 6.07) is 14.7. The van der Waals surface area contributed by atoms with Crippen molar-refractivity contribution in [2.45, 2.75) is 13.0 Å². The van der Waals surface area contributed by atoms with Crippen LogP contribution >= 0.6 is 11.3 Å². The molecule has 152 valence electrons. The number of nitrogens with zero attached hydrogens (tertiary/aromatic N) is 3. The molecular weight excluding hydrogens is 404 g/mol. The number of ether oxygens (including phenoxy) is 1. The van der Waals surface area contributed by atoms with Crippen LogP contribution in [0.1, 0.15) is 16.9 Å². The predicted octanol–water partition coefficient (Wildman–Crippen LogP) is 3.90. The molecule has 0 spiro atoms. The lowest BCUT2D eigenvalue weighted by molar-refractivity contribution is -0.116. The zero-order chi connectivity index (χ0) is 21.1. The first-order valence-electron chi connectivity index (χ1n) is 9.13. The molecule has 0 fully saturated rings. The highest BCUT2D eigenvalue weighted by atomic mass is 32.1. The number of amides is 1. The number of carboxylic acids is 1. The Morgan fingerprint density at radius 2 is 2.00 bits per heavy atom. The number of benzene rings is 2. The minimum atomic E-state index is -1.09. The van der Waals surface area contributed by atoms with Crippen molar-refractivity contribution in [3.05, 3.63) is 59.6 Å². The summed E-state index contributed by atoms with van der Waals surface area (Å²) < 4.78 is 7.07. The second-order valence-corrected chi connectivity index (χ2v) is 7.31. The third-order valence-electron chi connectivity index (χ3n) is 4.49. The summed E-state index contributed by atoms with van der Waals surface area (Å²) in [5.74, 6) is -0.0354. The second kappa shape index (κ2) is 8.34. The third kappa shape index (κ3) is 4.01. The number of aryl methyl sites for hydroxylation is 1. The normalized spacial score (nSPS) is 10.8. The van der Waals surface area contributed by atoms with Crippen LogP contribution in [0.4, 0.5) is 5.69 Å². The molecule has 0 aliphatic carbocycles. The fourth-order valence-electron chi connectivity index (χ4n) is 3.08. The van der Waals surface area contributed by atoms with Gasteiger partial charge in [0.05, 0.1) is 18.1 Å². The topological polar surface area (TPSA) is 106 Å². The Hall–Kier alpha value is -3.72. The minimum Gasteiger partial charge on any atom is -0.497 e. The molecule has 1 amide bonds. The molecule has 2 N–H and O–H groups in total. The van der Waals surface area contributed by atoms with Gasteiger partial charge >= 0.3 is 5.97 Å². The molecule has 2 heterocycles. The van der Waals surface area contributed by atoms with Crippen LogP contribution in [-0.2, 0) is 11.3 Å². The van der Waals surface area contributed by atoms with E-state index in [1.54, 1.807) is 31.4 Å². The molecule has 2 aromatic heterocycles. The Balaban J connectivity index is 1.58. The summed E-state index contributed by atoms with van der Waals surface area (Å²) >= 11 is 1.21. The number of para-hydroxylation sites is 2. The molecule has 0 atom stereocenters. The van der Waals surface area contributed by atoms with Crippen LogP contribution in [0.5, 0.6) is 5.75 Å². The first kappa shape index (κ1) is 19.6. The highest BCUT2D eigenvalue weighted by Gasteiger charge is 2.18. The van der Waals surface area contributed by atoms with Crippen molar-refractivity contribution in [1.82, 2.24) is 14.5 Å². The van der Waals surface area contributed by atoms with E-state index in [-0.39, 0.29) is 18.0 Å². The molecule has 0 radical (unpaired) electrons. The van der Waals surface area contributed by atoms with Crippen LogP contribution in [0.3, 0.4) is 0 Å². The Kier molecular flexibility index (Phi) is 5.44. The Bertz CT molecular complexity index is 1230. The van der Waals surface area contributed by atoms with Crippen LogP contribution in [0.25, 0.3) is 21.9 Å². The van der Waals surface area contributed by atoms with E-state index in [9.17, 15) is 9.59 Å². The first-order chi connectivity index (χ1) is 14.5. The number of imidazole rings is 1. The van der Waals surface area contributed by atoms with Crippen molar-refractivity contribution in [2.75, 3.05) is 12.4 Å². The lowest BCUT2D eigenvalue weighted by Crippen LogP contribution is -2.15. The molecule has 0 unspecified atom stereocenters. The average Bonchev–Trinajstić information content (AvgIpc) is 3.37. The van der Waals surface area contributed by atoms with E-state index in [2.05, 4.69) is 15.3 Å². The molecule has 0 bridgehead atoms. The zero-order valence-corrected chi connectivity index (χ0v) is 16.8. The minimum absolute atomic E-state index is 0.0237. The summed E-state index contributed by atoms with van der Waals surface area (Å²) in [5.41, 5.74) is 2.24. The van der Waals surface area contributed by atoms with Gasteiger partial charge in [0, 0.05) is 30.1 Å². The maximum Gasteiger partial charge on any atom is 0.355 e. The first-order valence-corrected chi connectivity index (χ1v) is 10.0. The van der Waals surface area contributed by atoms with Crippen molar-refractivity contribution >= 4 is 39.9 Å². The summed E-state index contributed by atoms with van der Waals surface area (Å²) in [4.78, 5) is 32.5. The number of carbonyl (C=O) groups is 2. The van der Waals surface area contributed by atoms with Gasteiger partial charge in [-0.1, -0.05) is 18.2 Å². The Labute approximate surface area is 175 Å². The maximum absolute atomic E-state index is 12.5. The van der Waals surface area contributed by atoms with Crippen molar-refractivity contribution in [3.8, 4) is 16.6 Å². The number of methoxy groups -OCH3 is 1. The molecule has 0 saturated carbocycles. The van der Waals surface area contributed by atoms with Crippen LogP contribution in [0.2, 0.25) is 0 Å². The summed E-state index contributed by atoms with van der Waals surface area (Å²) in [5, 5.41) is 14.0. The van der Waals surface area contributed by atoms with E-state index in [0.29, 0.717) is 28.8 Å². The van der Waals surface area contributed by atoms with Gasteiger partial charge in [0.25, 0.3) is 0 Å². The van der Waals surface area contributed by atoms with Crippen molar-refractivity contribution in [3.63, 3.8) is 0 Å². The van der Waals surface area contributed by atoms with Crippen LogP contribution in [-0.4, -0.2) is 38.6 Å². The highest BCUT2D eigenvalue weighted by Crippen LogP contribution is 2.28. The molecule has 2 aromatic carbocycles. The fourth-order valence-corrected chi connectivity index (χ4v) is 3.87. The van der Waals surface area contributed by atoms with Gasteiger partial charge in [-0.25, -0.2) is 14.8 Å². The standard InChI is InChI=1S/C21H18N4O4S/c1-29-14-6-4-5-13(11-14)22-18(26)9-10-25-17-8-3-2-7-15(17)23-19(25)20-24-16(12-30-20)21(27)28/h2-8,11-12H,9-10H2,1H3,(H,22,26)(H,27,28). The average molecular weight is 422 g/mol. The van der Waals surface area contributed by atoms with E-state index in [1.807, 2.05) is 28.8 Å². The van der Waals surface area contributed by atoms with E-state index >= 15 is 0 Å². The molecule has 9 heteroatoms. The summed E-state index contributed by atoms with van der Waals surface area (Å²) in [6.45, 7) is 0.369. The SMILES string of the molecule is COc1cccc(NC(=O)CCn2c(-c3nc(C(=O)O)cs3)nc3ccccc32)c1. The number of anilines is 1. The number of nitrogens with one attached hydrogen (secondary N) is 1. The molecule has 8 nitrogen and oxygen atoms in total. The summed E-state index contributed by atoms with van der Waals surface area (Å²) in [6.07, 6.45) is 0.210. The van der Waals surface area contributed by atoms with E-state index < -0.39 is 5.97 Å². The molecular formula is C21H18N4O4S. The van der Waals surface area contributed by atoms with Crippen LogP contribution < -0.4 is 10.1 Å². The maximum atomic E-state index is 12.5. The number of aromatic carboxylic acids is 1. The molecule has 4 aromatic rings. The van der Waals surface area contributed by atoms with Gasteiger partial charge in [-0.3, -0.25) is 4.79 Å². The van der Waals surface area contributed by atoms with Crippen molar-refractivity contribution in [2.24, 2.45) is 0 Å². The Morgan fingerprint density at radius 3 is 2.77 bits per heavy atom. The zero-order valence-electron chi connectivity index (χ0n) is 16.0. The van der Waals surface area contributed by atoms with E-state index in [4.69, 9.17) is 9.84 Å². The number of aromatic nitrogens is 3. The molecule has 0 aliphatic heterocycles. The van der Waals surface area contributed by atoms with Crippen LogP contribution in [0, 0.1) is 0 Å². The predicted molar refractivity (Wildman–Crippen MR) is 114 cm³/mol. The van der Waals surface area contributed by atoms with Gasteiger partial charge in [-0.15, -0.1) is 11.3 Å². The molecule has 4 rings (SSSR count). The number of hydrogen-bond donors (Lipinski definition) is 2. The quantitative estimate of drug-likeness (QED) is 0.468.